The summed E-state index contributed by atoms with van der Waals surface area (Å²) in [5.41, 5.74) is 1.75. The molecule has 0 aliphatic carbocycles. The molecule has 0 radical (unpaired) electrons. The topological polar surface area (TPSA) is 72.5 Å². The summed E-state index contributed by atoms with van der Waals surface area (Å²) in [4.78, 5) is 12.2. The van der Waals surface area contributed by atoms with Gasteiger partial charge in [0, 0.05) is 0 Å². The number of rotatable bonds is 12. The Morgan fingerprint density at radius 2 is 0.906 bits per heavy atom. The van der Waals surface area contributed by atoms with Crippen LogP contribution in [0.3, 0.4) is 0 Å². The van der Waals surface area contributed by atoms with Crippen molar-refractivity contribution in [1.82, 2.24) is 0 Å². The zero-order valence-electron chi connectivity index (χ0n) is 19.0. The molecule has 0 saturated carbocycles. The first-order valence-corrected chi connectivity index (χ1v) is 11.6. The molecule has 0 aliphatic rings. The van der Waals surface area contributed by atoms with E-state index in [1.807, 2.05) is 24.3 Å². The molecule has 9 heteroatoms. The fraction of sp³-hybridized carbons (Fsp3) is 0.435. The fourth-order valence-corrected chi connectivity index (χ4v) is 5.06. The number of ketones is 1. The molecular formula is C23H28Br2O7. The average Bonchev–Trinajstić information content (AvgIpc) is 2.81. The molecule has 176 valence electrons. The van der Waals surface area contributed by atoms with Gasteiger partial charge in [0.05, 0.1) is 52.3 Å². The molecule has 0 aromatic heterocycles. The number of hydrogen-bond acceptors (Lipinski definition) is 7. The Balaban J connectivity index is 2.18. The second-order valence-corrected chi connectivity index (χ2v) is 9.02. The van der Waals surface area contributed by atoms with E-state index in [4.69, 9.17) is 28.4 Å². The molecule has 0 heterocycles. The van der Waals surface area contributed by atoms with Gasteiger partial charge >= 0.3 is 0 Å². The van der Waals surface area contributed by atoms with Crippen LogP contribution in [0.1, 0.15) is 11.1 Å². The maximum atomic E-state index is 13.0. The smallest absolute Gasteiger partial charge is 0.203 e. The zero-order valence-corrected chi connectivity index (χ0v) is 22.2. The van der Waals surface area contributed by atoms with E-state index in [0.717, 1.165) is 11.1 Å². The summed E-state index contributed by atoms with van der Waals surface area (Å²) in [6.07, 6.45) is 0.903. The number of hydrogen-bond donors (Lipinski definition) is 0. The number of benzene rings is 2. The van der Waals surface area contributed by atoms with Crippen LogP contribution < -0.4 is 28.4 Å². The Morgan fingerprint density at radius 1 is 0.625 bits per heavy atom. The van der Waals surface area contributed by atoms with Crippen molar-refractivity contribution in [2.75, 3.05) is 42.7 Å². The minimum absolute atomic E-state index is 0.00695. The lowest BCUT2D eigenvalue weighted by atomic mass is 10.0. The summed E-state index contributed by atoms with van der Waals surface area (Å²) in [6, 6.07) is 7.35. The van der Waals surface area contributed by atoms with Crippen molar-refractivity contribution in [3.63, 3.8) is 0 Å². The van der Waals surface area contributed by atoms with Gasteiger partial charge in [0.1, 0.15) is 0 Å². The summed E-state index contributed by atoms with van der Waals surface area (Å²) in [5.74, 6) is 3.20. The second kappa shape index (κ2) is 12.2. The molecule has 32 heavy (non-hydrogen) atoms. The Labute approximate surface area is 205 Å². The standard InChI is InChI=1S/C23H28Br2O7/c1-27-17-9-13(10-18(28-2)22(17)31-5)7-15(24)21(26)16(25)8-14-11-19(29-3)23(32-6)20(12-14)30-4/h9-12,15-16H,7-8H2,1-6H3. The van der Waals surface area contributed by atoms with E-state index in [2.05, 4.69) is 31.9 Å². The first-order valence-electron chi connectivity index (χ1n) is 9.73. The molecular weight excluding hydrogens is 548 g/mol. The molecule has 7 nitrogen and oxygen atoms in total. The third-order valence-corrected chi connectivity index (χ3v) is 6.45. The number of methoxy groups -OCH3 is 6. The van der Waals surface area contributed by atoms with Crippen LogP contribution in [0.4, 0.5) is 0 Å². The summed E-state index contributed by atoms with van der Waals surface area (Å²) in [7, 11) is 9.34. The zero-order chi connectivity index (χ0) is 23.8. The van der Waals surface area contributed by atoms with Gasteiger partial charge in [0.15, 0.2) is 28.8 Å². The van der Waals surface area contributed by atoms with Crippen LogP contribution in [0, 0.1) is 0 Å². The Bertz CT molecular complexity index is 809. The number of alkyl halides is 2. The normalized spacial score (nSPS) is 12.5. The van der Waals surface area contributed by atoms with Gasteiger partial charge in [-0.1, -0.05) is 31.9 Å². The van der Waals surface area contributed by atoms with Crippen LogP contribution in [0.2, 0.25) is 0 Å². The largest absolute Gasteiger partial charge is 0.493 e. The first-order chi connectivity index (χ1) is 15.3. The molecule has 0 fully saturated rings. The van der Waals surface area contributed by atoms with Gasteiger partial charge in [-0.05, 0) is 48.2 Å². The summed E-state index contributed by atoms with van der Waals surface area (Å²) in [5, 5.41) is 0. The Morgan fingerprint density at radius 3 is 1.12 bits per heavy atom. The molecule has 0 spiro atoms. The van der Waals surface area contributed by atoms with E-state index in [1.165, 1.54) is 0 Å². The summed E-state index contributed by atoms with van der Waals surface area (Å²) in [6.45, 7) is 0. The van der Waals surface area contributed by atoms with E-state index in [9.17, 15) is 4.79 Å². The van der Waals surface area contributed by atoms with E-state index in [1.54, 1.807) is 42.7 Å². The van der Waals surface area contributed by atoms with Crippen molar-refractivity contribution >= 4 is 37.6 Å². The monoisotopic (exact) mass is 574 g/mol. The number of carbonyl (C=O) groups is 1. The third kappa shape index (κ3) is 6.01. The van der Waals surface area contributed by atoms with Crippen molar-refractivity contribution in [2.45, 2.75) is 22.5 Å². The lowest BCUT2D eigenvalue weighted by Gasteiger charge is -2.18. The number of ether oxygens (including phenoxy) is 6. The molecule has 2 aromatic carbocycles. The second-order valence-electron chi connectivity index (χ2n) is 6.81. The van der Waals surface area contributed by atoms with E-state index in [-0.39, 0.29) is 5.78 Å². The molecule has 2 rings (SSSR count). The van der Waals surface area contributed by atoms with Crippen LogP contribution in [-0.2, 0) is 17.6 Å². The highest BCUT2D eigenvalue weighted by atomic mass is 79.9. The first kappa shape index (κ1) is 26.1. The molecule has 0 N–H and O–H groups in total. The van der Waals surface area contributed by atoms with E-state index >= 15 is 0 Å². The van der Waals surface area contributed by atoms with Crippen LogP contribution in [-0.4, -0.2) is 58.1 Å². The van der Waals surface area contributed by atoms with E-state index in [0.29, 0.717) is 47.3 Å². The lowest BCUT2D eigenvalue weighted by Crippen LogP contribution is -2.27. The molecule has 2 aromatic rings. The Kier molecular flexibility index (Phi) is 9.96. The minimum Gasteiger partial charge on any atom is -0.493 e. The maximum absolute atomic E-state index is 13.0. The Hall–Kier alpha value is -2.13. The molecule has 0 amide bonds. The lowest BCUT2D eigenvalue weighted by molar-refractivity contribution is -0.117. The number of carbonyl (C=O) groups excluding carboxylic acids is 1. The third-order valence-electron chi connectivity index (χ3n) is 4.90. The summed E-state index contributed by atoms with van der Waals surface area (Å²) >= 11 is 7.08. The number of Topliss-reactive ketones (excluding diaryl/α,β-unsaturated/α-hetero) is 1. The van der Waals surface area contributed by atoms with Gasteiger partial charge in [-0.3, -0.25) is 4.79 Å². The molecule has 2 unspecified atom stereocenters. The van der Waals surface area contributed by atoms with Crippen molar-refractivity contribution in [3.05, 3.63) is 35.4 Å². The van der Waals surface area contributed by atoms with E-state index < -0.39 is 9.65 Å². The van der Waals surface area contributed by atoms with Crippen molar-refractivity contribution < 1.29 is 33.2 Å². The average molecular weight is 576 g/mol. The molecule has 2 atom stereocenters. The van der Waals surface area contributed by atoms with Crippen LogP contribution in [0.15, 0.2) is 24.3 Å². The fourth-order valence-electron chi connectivity index (χ4n) is 3.32. The SMILES string of the molecule is COc1cc(CC(Br)C(=O)C(Br)Cc2cc(OC)c(OC)c(OC)c2)cc(OC)c1OC. The van der Waals surface area contributed by atoms with Crippen molar-refractivity contribution in [1.29, 1.82) is 0 Å². The van der Waals surface area contributed by atoms with Crippen molar-refractivity contribution in [2.24, 2.45) is 0 Å². The predicted octanol–water partition coefficient (Wildman–Crippen LogP) is 4.62. The van der Waals surface area contributed by atoms with Gasteiger partial charge in [-0.25, -0.2) is 0 Å². The highest BCUT2D eigenvalue weighted by Crippen LogP contribution is 2.40. The van der Waals surface area contributed by atoms with Crippen LogP contribution >= 0.6 is 31.9 Å². The highest BCUT2D eigenvalue weighted by molar-refractivity contribution is 9.10. The van der Waals surface area contributed by atoms with Crippen molar-refractivity contribution in [3.8, 4) is 34.5 Å². The molecule has 0 saturated heterocycles. The molecule has 0 aliphatic heterocycles. The van der Waals surface area contributed by atoms with Gasteiger partial charge in [0.25, 0.3) is 0 Å². The highest BCUT2D eigenvalue weighted by Gasteiger charge is 2.26. The van der Waals surface area contributed by atoms with Gasteiger partial charge in [-0.15, -0.1) is 0 Å². The van der Waals surface area contributed by atoms with Crippen LogP contribution in [0.25, 0.3) is 0 Å². The number of halogens is 2. The van der Waals surface area contributed by atoms with Gasteiger partial charge < -0.3 is 28.4 Å². The summed E-state index contributed by atoms with van der Waals surface area (Å²) < 4.78 is 32.3. The van der Waals surface area contributed by atoms with Gasteiger partial charge in [-0.2, -0.15) is 0 Å². The quantitative estimate of drug-likeness (QED) is 0.342. The maximum Gasteiger partial charge on any atom is 0.203 e. The van der Waals surface area contributed by atoms with Gasteiger partial charge in [0.2, 0.25) is 11.5 Å². The van der Waals surface area contributed by atoms with Crippen LogP contribution in [0.5, 0.6) is 34.5 Å². The minimum atomic E-state index is -0.420. The predicted molar refractivity (Wildman–Crippen MR) is 130 cm³/mol. The molecule has 0 bridgehead atoms.